The molecular formula is C64H68N2O11. The fraction of sp³-hybridized carbons (Fsp3) is 0.344. The molecule has 2 aliphatic heterocycles. The second-order valence-electron chi connectivity index (χ2n) is 20.0. The number of amides is 1. The van der Waals surface area contributed by atoms with E-state index in [2.05, 4.69) is 43.0 Å². The molecule has 13 nitrogen and oxygen atoms in total. The lowest BCUT2D eigenvalue weighted by Crippen LogP contribution is -2.70. The summed E-state index contributed by atoms with van der Waals surface area (Å²) in [7, 11) is 0. The first-order valence-corrected chi connectivity index (χ1v) is 27.0. The van der Waals surface area contributed by atoms with Gasteiger partial charge in [0.25, 0.3) is 0 Å². The Kier molecular flexibility index (Phi) is 17.6. The van der Waals surface area contributed by atoms with E-state index in [0.29, 0.717) is 53.9 Å². The smallest absolute Gasteiger partial charge is 0.410 e. The number of hydrogen-bond acceptors (Lipinski definition) is 12. The molecule has 0 saturated heterocycles. The van der Waals surface area contributed by atoms with Gasteiger partial charge in [0.2, 0.25) is 12.6 Å². The minimum absolute atomic E-state index is 0.00924. The van der Waals surface area contributed by atoms with Gasteiger partial charge in [-0.1, -0.05) is 139 Å². The Bertz CT molecular complexity index is 2950. The second kappa shape index (κ2) is 25.6. The number of nitrogens with zero attached hydrogens (tertiary/aromatic N) is 2. The molecule has 0 aromatic heterocycles. The predicted molar refractivity (Wildman–Crippen MR) is 294 cm³/mol. The molecule has 6 aromatic carbocycles. The van der Waals surface area contributed by atoms with E-state index in [0.717, 1.165) is 64.6 Å². The molecule has 1 amide bonds. The third-order valence-electron chi connectivity index (χ3n) is 15.1. The Morgan fingerprint density at radius 3 is 2.13 bits per heavy atom. The molecule has 6 atom stereocenters. The molecule has 2 N–H and O–H groups in total. The fourth-order valence-electron chi connectivity index (χ4n) is 11.5. The maximum absolute atomic E-state index is 15.3. The lowest BCUT2D eigenvalue weighted by atomic mass is 9.55. The number of aliphatic hydroxyl groups excluding tert-OH is 2. The molecule has 77 heavy (non-hydrogen) atoms. The highest BCUT2D eigenvalue weighted by atomic mass is 16.7. The van der Waals surface area contributed by atoms with Crippen molar-refractivity contribution in [2.24, 2.45) is 22.9 Å². The Morgan fingerprint density at radius 1 is 0.714 bits per heavy atom. The fourth-order valence-corrected chi connectivity index (χ4v) is 11.5. The van der Waals surface area contributed by atoms with Crippen LogP contribution < -0.4 is 18.9 Å². The van der Waals surface area contributed by atoms with Gasteiger partial charge in [0.15, 0.2) is 11.5 Å². The van der Waals surface area contributed by atoms with Gasteiger partial charge < -0.3 is 48.2 Å². The lowest BCUT2D eigenvalue weighted by molar-refractivity contribution is -0.256. The van der Waals surface area contributed by atoms with Gasteiger partial charge >= 0.3 is 6.09 Å². The first-order valence-electron chi connectivity index (χ1n) is 27.0. The maximum atomic E-state index is 15.3. The number of oxime groups is 1. The largest absolute Gasteiger partial charge is 0.459 e. The van der Waals surface area contributed by atoms with Gasteiger partial charge in [0, 0.05) is 37.7 Å². The first-order chi connectivity index (χ1) is 37.9. The van der Waals surface area contributed by atoms with E-state index in [1.807, 2.05) is 121 Å². The average molecular weight is 1040 g/mol. The zero-order chi connectivity index (χ0) is 52.8. The Labute approximate surface area is 451 Å². The summed E-state index contributed by atoms with van der Waals surface area (Å²) < 4.78 is 45.3. The van der Waals surface area contributed by atoms with E-state index in [9.17, 15) is 10.2 Å². The number of ether oxygens (including phenoxy) is 7. The lowest BCUT2D eigenvalue weighted by Gasteiger charge is -2.59. The van der Waals surface area contributed by atoms with Crippen molar-refractivity contribution < 1.29 is 53.0 Å². The number of aliphatic hydroxyl groups is 2. The van der Waals surface area contributed by atoms with Crippen LogP contribution in [0.2, 0.25) is 0 Å². The number of carbonyl (C=O) groups is 1. The summed E-state index contributed by atoms with van der Waals surface area (Å²) in [6.45, 7) is 5.26. The SMILES string of the molecule is C=CCO[C@@]12Oc3ccc(Oc4ccc(-c5ccccc5)cc4)cc3[C@H]3[C@H](CCCCO)[C@@H](CCCCO)C=C(C(=NOCc4ccccc4)C[C@@H]1N(Cc1ccc4c(c1)OCO4)C(=O)OCCOCc1ccccc1)[C@H]32. The van der Waals surface area contributed by atoms with Crippen molar-refractivity contribution >= 4 is 11.8 Å². The van der Waals surface area contributed by atoms with Crippen LogP contribution in [0.4, 0.5) is 4.79 Å². The Morgan fingerprint density at radius 2 is 1.39 bits per heavy atom. The standard InChI is InChI=1S/C64H68N2O11/c1-2-34-74-64-60(66(41-47-24-30-58-59(37-47)73-44-72-58)63(69)71-36-35-70-42-45-16-6-3-7-17-45)40-56(65-75-43-46-18-8-4-9-19-46)54-38-50(22-12-14-32-67)53(23-13-15-33-68)61(62(54)64)55-39-52(29-31-57(55)77-64)76-51-27-25-49(26-28-51)48-20-10-5-11-21-48/h2-11,16-21,24-31,37-39,50,53,60-62,67-68H,1,12-15,22-23,32-36,40-44H2/t50-,53+,60-,61+,62+,64+/m0/s1. The summed E-state index contributed by atoms with van der Waals surface area (Å²) in [4.78, 5) is 23.3. The van der Waals surface area contributed by atoms with Crippen LogP contribution in [-0.4, -0.2) is 78.6 Å². The van der Waals surface area contributed by atoms with Crippen LogP contribution in [0.25, 0.3) is 11.1 Å². The number of allylic oxidation sites excluding steroid dienone is 1. The van der Waals surface area contributed by atoms with E-state index in [-0.39, 0.29) is 77.2 Å². The van der Waals surface area contributed by atoms with Gasteiger partial charge in [0.1, 0.15) is 36.5 Å². The molecule has 400 valence electrons. The third kappa shape index (κ3) is 12.4. The van der Waals surface area contributed by atoms with E-state index >= 15 is 4.79 Å². The summed E-state index contributed by atoms with van der Waals surface area (Å²) in [5.41, 5.74) is 7.43. The van der Waals surface area contributed by atoms with Crippen molar-refractivity contribution in [2.75, 3.05) is 39.8 Å². The molecule has 10 rings (SSSR count). The average Bonchev–Trinajstić information content (AvgIpc) is 4.08. The third-order valence-corrected chi connectivity index (χ3v) is 15.1. The summed E-state index contributed by atoms with van der Waals surface area (Å²) in [6.07, 6.45) is 8.03. The zero-order valence-corrected chi connectivity index (χ0v) is 43.5. The second-order valence-corrected chi connectivity index (χ2v) is 20.0. The summed E-state index contributed by atoms with van der Waals surface area (Å²) in [5, 5.41) is 25.3. The van der Waals surface area contributed by atoms with Gasteiger partial charge in [-0.25, -0.2) is 4.79 Å². The van der Waals surface area contributed by atoms with Crippen molar-refractivity contribution in [1.82, 2.24) is 4.90 Å². The van der Waals surface area contributed by atoms with Gasteiger partial charge in [-0.05, 0) is 113 Å². The number of carbonyl (C=O) groups excluding carboxylic acids is 1. The molecule has 13 heteroatoms. The van der Waals surface area contributed by atoms with Crippen molar-refractivity contribution in [2.45, 2.75) is 82.5 Å². The van der Waals surface area contributed by atoms with Crippen LogP contribution in [0.15, 0.2) is 181 Å². The highest BCUT2D eigenvalue weighted by Gasteiger charge is 2.66. The molecule has 0 bridgehead atoms. The number of hydrogen-bond donors (Lipinski definition) is 2. The Hall–Kier alpha value is -7.42. The number of benzene rings is 6. The molecule has 4 aliphatic rings. The molecule has 1 saturated carbocycles. The van der Waals surface area contributed by atoms with E-state index in [4.69, 9.17) is 43.2 Å². The summed E-state index contributed by atoms with van der Waals surface area (Å²) >= 11 is 0. The van der Waals surface area contributed by atoms with E-state index in [1.165, 1.54) is 0 Å². The number of rotatable bonds is 25. The van der Waals surface area contributed by atoms with Crippen molar-refractivity contribution in [3.8, 4) is 39.9 Å². The van der Waals surface area contributed by atoms with E-state index in [1.54, 1.807) is 11.0 Å². The first kappa shape index (κ1) is 53.0. The normalized spacial score (nSPS) is 21.2. The van der Waals surface area contributed by atoms with Crippen LogP contribution in [-0.2, 0) is 38.8 Å². The van der Waals surface area contributed by atoms with Crippen molar-refractivity contribution in [1.29, 1.82) is 0 Å². The van der Waals surface area contributed by atoms with Crippen LogP contribution in [0, 0.1) is 17.8 Å². The summed E-state index contributed by atoms with van der Waals surface area (Å²) in [6, 6.07) is 48.8. The molecule has 2 aliphatic carbocycles. The highest BCUT2D eigenvalue weighted by Crippen LogP contribution is 2.62. The van der Waals surface area contributed by atoms with Crippen LogP contribution in [0.3, 0.4) is 0 Å². The minimum atomic E-state index is -1.55. The number of unbranched alkanes of at least 4 members (excludes halogenated alkanes) is 2. The molecule has 1 fully saturated rings. The minimum Gasteiger partial charge on any atom is -0.459 e. The highest BCUT2D eigenvalue weighted by molar-refractivity contribution is 6.03. The quantitative estimate of drug-likeness (QED) is 0.0321. The number of fused-ring (bicyclic) bond motifs is 3. The molecule has 6 aromatic rings. The van der Waals surface area contributed by atoms with Gasteiger partial charge in [-0.2, -0.15) is 0 Å². The van der Waals surface area contributed by atoms with Crippen molar-refractivity contribution in [3.05, 3.63) is 198 Å². The van der Waals surface area contributed by atoms with Gasteiger partial charge in [-0.3, -0.25) is 4.90 Å². The van der Waals surface area contributed by atoms with Crippen LogP contribution in [0.5, 0.6) is 28.7 Å². The molecule has 0 unspecified atom stereocenters. The Balaban J connectivity index is 1.10. The topological polar surface area (TPSA) is 147 Å². The van der Waals surface area contributed by atoms with Crippen LogP contribution in [0.1, 0.15) is 73.1 Å². The molecule has 2 heterocycles. The molecule has 0 radical (unpaired) electrons. The molecular weight excluding hydrogens is 973 g/mol. The van der Waals surface area contributed by atoms with Gasteiger partial charge in [-0.15, -0.1) is 6.58 Å². The van der Waals surface area contributed by atoms with Crippen molar-refractivity contribution in [3.63, 3.8) is 0 Å². The monoisotopic (exact) mass is 1040 g/mol. The van der Waals surface area contributed by atoms with Gasteiger partial charge in [0.05, 0.1) is 31.5 Å². The summed E-state index contributed by atoms with van der Waals surface area (Å²) in [5.74, 6) is 0.722. The maximum Gasteiger partial charge on any atom is 0.410 e. The molecule has 0 spiro atoms. The predicted octanol–water partition coefficient (Wildman–Crippen LogP) is 12.6. The van der Waals surface area contributed by atoms with E-state index < -0.39 is 23.8 Å². The zero-order valence-electron chi connectivity index (χ0n) is 43.5. The van der Waals surface area contributed by atoms with Crippen LogP contribution >= 0.6 is 0 Å².